The number of allylic oxidation sites excluding steroid dienone is 4. The summed E-state index contributed by atoms with van der Waals surface area (Å²) >= 11 is 3.22. The number of fused-ring (bicyclic) bond motifs is 6. The van der Waals surface area contributed by atoms with Crippen LogP contribution in [0.25, 0.3) is 26.5 Å². The molecule has 0 fully saturated rings. The first-order valence-corrected chi connectivity index (χ1v) is 17.1. The molecule has 2 unspecified atom stereocenters. The van der Waals surface area contributed by atoms with Crippen molar-refractivity contribution >= 4 is 63.2 Å². The number of para-hydroxylation sites is 2. The molecule has 2 aromatic heterocycles. The Kier molecular flexibility index (Phi) is 6.42. The Balaban J connectivity index is 1.02. The van der Waals surface area contributed by atoms with Gasteiger partial charge in [-0.1, -0.05) is 84.9 Å². The van der Waals surface area contributed by atoms with E-state index in [1.165, 1.54) is 0 Å². The average molecular weight is 644 g/mol. The van der Waals surface area contributed by atoms with Crippen molar-refractivity contribution in [1.29, 1.82) is 0 Å². The second-order valence-electron chi connectivity index (χ2n) is 11.9. The van der Waals surface area contributed by atoms with Crippen molar-refractivity contribution in [1.82, 2.24) is 0 Å². The van der Waals surface area contributed by atoms with E-state index in [1.54, 1.807) is 34.8 Å². The molecule has 47 heavy (non-hydrogen) atoms. The van der Waals surface area contributed by atoms with Crippen molar-refractivity contribution in [3.63, 3.8) is 0 Å². The van der Waals surface area contributed by atoms with E-state index < -0.39 is 0 Å². The number of hydrogen-bond donors (Lipinski definition) is 0. The topological polar surface area (TPSA) is 54.5 Å². The number of anilines is 3. The zero-order valence-corrected chi connectivity index (χ0v) is 26.6. The number of thiophene rings is 2. The Morgan fingerprint density at radius 3 is 1.77 bits per heavy atom. The third kappa shape index (κ3) is 4.44. The maximum Gasteiger partial charge on any atom is 0.194 e. The van der Waals surface area contributed by atoms with Crippen molar-refractivity contribution < 1.29 is 14.4 Å². The summed E-state index contributed by atoms with van der Waals surface area (Å²) in [5.41, 5.74) is 8.92. The lowest BCUT2D eigenvalue weighted by atomic mass is 9.84. The molecule has 0 saturated heterocycles. The highest BCUT2D eigenvalue weighted by molar-refractivity contribution is 7.17. The van der Waals surface area contributed by atoms with E-state index in [0.717, 1.165) is 70.7 Å². The van der Waals surface area contributed by atoms with E-state index in [-0.39, 0.29) is 23.4 Å². The van der Waals surface area contributed by atoms with Crippen molar-refractivity contribution in [3.8, 4) is 20.9 Å². The first-order valence-electron chi connectivity index (χ1n) is 15.4. The quantitative estimate of drug-likeness (QED) is 0.170. The van der Waals surface area contributed by atoms with Gasteiger partial charge in [-0.25, -0.2) is 0 Å². The molecule has 0 radical (unpaired) electrons. The van der Waals surface area contributed by atoms with Crippen LogP contribution in [0.5, 0.6) is 0 Å². The smallest absolute Gasteiger partial charge is 0.194 e. The number of rotatable bonds is 6. The maximum atomic E-state index is 13.8. The van der Waals surface area contributed by atoms with Crippen LogP contribution in [0.4, 0.5) is 17.1 Å². The third-order valence-electron chi connectivity index (χ3n) is 9.24. The number of ketones is 2. The van der Waals surface area contributed by atoms with Crippen molar-refractivity contribution in [2.24, 2.45) is 5.92 Å². The van der Waals surface area contributed by atoms with Gasteiger partial charge in [-0.2, -0.15) is 0 Å². The Bertz CT molecular complexity index is 2250. The van der Waals surface area contributed by atoms with E-state index in [9.17, 15) is 14.4 Å². The predicted octanol–water partition coefficient (Wildman–Crippen LogP) is 10.5. The van der Waals surface area contributed by atoms with Gasteiger partial charge in [0, 0.05) is 70.3 Å². The van der Waals surface area contributed by atoms with Crippen LogP contribution in [-0.2, 0) is 0 Å². The molecule has 0 spiro atoms. The van der Waals surface area contributed by atoms with Gasteiger partial charge in [0.15, 0.2) is 11.6 Å². The summed E-state index contributed by atoms with van der Waals surface area (Å²) in [6.07, 6.45) is 4.90. The van der Waals surface area contributed by atoms with E-state index >= 15 is 0 Å². The van der Waals surface area contributed by atoms with Crippen molar-refractivity contribution in [3.05, 3.63) is 165 Å². The summed E-state index contributed by atoms with van der Waals surface area (Å²) in [5, 5.41) is 0. The van der Waals surface area contributed by atoms with Gasteiger partial charge in [0.2, 0.25) is 0 Å². The minimum Gasteiger partial charge on any atom is -0.311 e. The largest absolute Gasteiger partial charge is 0.311 e. The lowest BCUT2D eigenvalue weighted by molar-refractivity contribution is 0.0952. The van der Waals surface area contributed by atoms with Gasteiger partial charge in [-0.05, 0) is 59.7 Å². The lowest BCUT2D eigenvalue weighted by Gasteiger charge is -2.25. The number of Topliss-reactive ketones (excluding diaryl/α,β-unsaturated/α-hetero) is 2. The number of carbonyl (C=O) groups excluding carboxylic acids is 3. The van der Waals surface area contributed by atoms with E-state index in [1.807, 2.05) is 72.8 Å². The average Bonchev–Trinajstić information content (AvgIpc) is 3.88. The van der Waals surface area contributed by atoms with Gasteiger partial charge in [-0.15, -0.1) is 22.7 Å². The van der Waals surface area contributed by atoms with Crippen LogP contribution in [-0.4, -0.2) is 17.9 Å². The molecule has 6 heteroatoms. The zero-order valence-electron chi connectivity index (χ0n) is 24.9. The second kappa shape index (κ2) is 10.8. The zero-order chi connectivity index (χ0) is 31.6. The van der Waals surface area contributed by atoms with Crippen LogP contribution in [0.1, 0.15) is 46.7 Å². The molecule has 2 atom stereocenters. The second-order valence-corrected chi connectivity index (χ2v) is 14.1. The van der Waals surface area contributed by atoms with Crippen LogP contribution >= 0.6 is 22.7 Å². The molecule has 4 nitrogen and oxygen atoms in total. The predicted molar refractivity (Wildman–Crippen MR) is 191 cm³/mol. The van der Waals surface area contributed by atoms with Gasteiger partial charge >= 0.3 is 0 Å². The Labute approximate surface area is 279 Å². The van der Waals surface area contributed by atoms with Gasteiger partial charge in [0.1, 0.15) is 6.29 Å². The number of benzene rings is 4. The standard InChI is InChI=1S/C41H25NO3S2/c43-23-24-11-13-25(14-12-24)36-21-34-38(44)30-20-33-31(19-32(30)40(34)46-36)39(45)35-22-37(47-41(33)35)26-15-17-29(18-16-26)42(27-7-3-1-4-8-27)28-9-5-2-6-10-28/h1-23,30,32H. The van der Waals surface area contributed by atoms with Crippen LogP contribution in [0.15, 0.2) is 139 Å². The highest BCUT2D eigenvalue weighted by Gasteiger charge is 2.45. The van der Waals surface area contributed by atoms with Gasteiger partial charge < -0.3 is 4.90 Å². The molecule has 0 bridgehead atoms. The lowest BCUT2D eigenvalue weighted by Crippen LogP contribution is -2.15. The summed E-state index contributed by atoms with van der Waals surface area (Å²) in [6.45, 7) is 0. The minimum atomic E-state index is -0.299. The van der Waals surface area contributed by atoms with E-state index in [2.05, 4.69) is 53.4 Å². The van der Waals surface area contributed by atoms with Crippen LogP contribution < -0.4 is 4.90 Å². The molecule has 0 saturated carbocycles. The first-order chi connectivity index (χ1) is 23.1. The number of carbonyl (C=O) groups is 3. The fraction of sp³-hybridized carbons (Fsp3) is 0.0488. The highest BCUT2D eigenvalue weighted by atomic mass is 32.1. The van der Waals surface area contributed by atoms with Gasteiger partial charge in [-0.3, -0.25) is 14.4 Å². The van der Waals surface area contributed by atoms with E-state index in [0.29, 0.717) is 11.1 Å². The van der Waals surface area contributed by atoms with Crippen LogP contribution in [0.2, 0.25) is 0 Å². The number of hydrogen-bond acceptors (Lipinski definition) is 6. The molecule has 3 aliphatic carbocycles. The Hall–Kier alpha value is -5.43. The summed E-state index contributed by atoms with van der Waals surface area (Å²) in [7, 11) is 0. The molecule has 0 amide bonds. The molecule has 9 rings (SSSR count). The molecule has 4 aromatic carbocycles. The maximum absolute atomic E-state index is 13.8. The van der Waals surface area contributed by atoms with Crippen LogP contribution in [0, 0.1) is 5.92 Å². The fourth-order valence-electron chi connectivity index (χ4n) is 6.94. The monoisotopic (exact) mass is 643 g/mol. The molecule has 0 aliphatic heterocycles. The third-order valence-corrected chi connectivity index (χ3v) is 11.7. The highest BCUT2D eigenvalue weighted by Crippen LogP contribution is 2.55. The van der Waals surface area contributed by atoms with Crippen LogP contribution in [0.3, 0.4) is 0 Å². The summed E-state index contributed by atoms with van der Waals surface area (Å²) < 4.78 is 0. The molecule has 3 aliphatic rings. The normalized spacial score (nSPS) is 17.4. The molecule has 224 valence electrons. The SMILES string of the molecule is O=Cc1ccc(-c2cc3c(s2)C2C=C4C(=O)c5cc(-c6ccc(N(c7ccccc7)c7ccccc7)cc6)sc5C4=CC2C3=O)cc1. The minimum absolute atomic E-state index is 0.0327. The number of aldehydes is 1. The van der Waals surface area contributed by atoms with Gasteiger partial charge in [0.05, 0.1) is 5.92 Å². The molecular formula is C41H25NO3S2. The van der Waals surface area contributed by atoms with E-state index in [4.69, 9.17) is 0 Å². The summed E-state index contributed by atoms with van der Waals surface area (Å²) in [4.78, 5) is 44.8. The summed E-state index contributed by atoms with van der Waals surface area (Å²) in [5.74, 6) is -0.293. The van der Waals surface area contributed by atoms with Crippen molar-refractivity contribution in [2.75, 3.05) is 4.90 Å². The molecule has 6 aromatic rings. The van der Waals surface area contributed by atoms with Crippen molar-refractivity contribution in [2.45, 2.75) is 5.92 Å². The summed E-state index contributed by atoms with van der Waals surface area (Å²) in [6, 6.07) is 40.5. The Morgan fingerprint density at radius 1 is 0.574 bits per heavy atom. The molecule has 0 N–H and O–H groups in total. The molecular weight excluding hydrogens is 619 g/mol. The Morgan fingerprint density at radius 2 is 1.13 bits per heavy atom. The fourth-order valence-corrected chi connectivity index (χ4v) is 9.42. The first kappa shape index (κ1) is 27.8. The number of nitrogens with zero attached hydrogens (tertiary/aromatic N) is 1. The van der Waals surface area contributed by atoms with Gasteiger partial charge in [0.25, 0.3) is 0 Å². The molecule has 2 heterocycles.